The molecular weight excluding hydrogens is 214 g/mol. The molecule has 0 heterocycles. The molecule has 1 aromatic carbocycles. The van der Waals surface area contributed by atoms with Gasteiger partial charge in [-0.3, -0.25) is 0 Å². The van der Waals surface area contributed by atoms with Gasteiger partial charge in [-0.05, 0) is 37.5 Å². The van der Waals surface area contributed by atoms with E-state index in [2.05, 4.69) is 11.0 Å². The summed E-state index contributed by atoms with van der Waals surface area (Å²) in [6.45, 7) is 0.677. The van der Waals surface area contributed by atoms with Gasteiger partial charge in [0, 0.05) is 12.6 Å². The zero-order chi connectivity index (χ0) is 12.3. The Morgan fingerprint density at radius 2 is 2.24 bits per heavy atom. The molecule has 90 valence electrons. The van der Waals surface area contributed by atoms with Crippen LogP contribution in [-0.4, -0.2) is 24.3 Å². The first kappa shape index (κ1) is 11.7. The Labute approximate surface area is 101 Å². The van der Waals surface area contributed by atoms with Gasteiger partial charge in [0.05, 0.1) is 29.6 Å². The highest BCUT2D eigenvalue weighted by Gasteiger charge is 2.26. The SMILES string of the molecule is N#Cc1ccc(N)c(N(CCO)C2CCC2)c1. The number of aliphatic hydroxyl groups is 1. The molecule has 0 unspecified atom stereocenters. The van der Waals surface area contributed by atoms with Gasteiger partial charge < -0.3 is 15.7 Å². The molecule has 0 aromatic heterocycles. The Balaban J connectivity index is 2.30. The van der Waals surface area contributed by atoms with E-state index in [4.69, 9.17) is 16.1 Å². The molecule has 0 bridgehead atoms. The van der Waals surface area contributed by atoms with Crippen molar-refractivity contribution in [1.29, 1.82) is 5.26 Å². The van der Waals surface area contributed by atoms with E-state index in [0.29, 0.717) is 23.8 Å². The van der Waals surface area contributed by atoms with Gasteiger partial charge in [-0.15, -0.1) is 0 Å². The molecule has 0 radical (unpaired) electrons. The predicted molar refractivity (Wildman–Crippen MR) is 67.6 cm³/mol. The lowest BCUT2D eigenvalue weighted by molar-refractivity contribution is 0.284. The van der Waals surface area contributed by atoms with Crippen molar-refractivity contribution in [1.82, 2.24) is 0 Å². The number of aliphatic hydroxyl groups excluding tert-OH is 1. The monoisotopic (exact) mass is 231 g/mol. The Hall–Kier alpha value is -1.73. The Morgan fingerprint density at radius 3 is 2.76 bits per heavy atom. The van der Waals surface area contributed by atoms with Crippen molar-refractivity contribution >= 4 is 11.4 Å². The highest BCUT2D eigenvalue weighted by atomic mass is 16.3. The van der Waals surface area contributed by atoms with Crippen LogP contribution in [0.3, 0.4) is 0 Å². The second-order valence-corrected chi connectivity index (χ2v) is 4.39. The predicted octanol–water partition coefficient (Wildman–Crippen LogP) is 1.49. The third-order valence-electron chi connectivity index (χ3n) is 3.33. The van der Waals surface area contributed by atoms with E-state index < -0.39 is 0 Å². The van der Waals surface area contributed by atoms with Gasteiger partial charge >= 0.3 is 0 Å². The first-order chi connectivity index (χ1) is 8.26. The Kier molecular flexibility index (Phi) is 3.50. The largest absolute Gasteiger partial charge is 0.397 e. The third-order valence-corrected chi connectivity index (χ3v) is 3.33. The number of nitrogen functional groups attached to an aromatic ring is 1. The molecule has 0 atom stereocenters. The molecule has 0 saturated heterocycles. The summed E-state index contributed by atoms with van der Waals surface area (Å²) in [5.41, 5.74) is 8.12. The van der Waals surface area contributed by atoms with Crippen LogP contribution >= 0.6 is 0 Å². The van der Waals surface area contributed by atoms with Gasteiger partial charge in [0.1, 0.15) is 0 Å². The quantitative estimate of drug-likeness (QED) is 0.770. The summed E-state index contributed by atoms with van der Waals surface area (Å²) in [7, 11) is 0. The van der Waals surface area contributed by atoms with Crippen LogP contribution in [0.5, 0.6) is 0 Å². The minimum Gasteiger partial charge on any atom is -0.397 e. The standard InChI is InChI=1S/C13H17N3O/c14-9-10-4-5-12(15)13(8-10)16(6-7-17)11-2-1-3-11/h4-5,8,11,17H,1-3,6-7,15H2. The van der Waals surface area contributed by atoms with Crippen molar-refractivity contribution < 1.29 is 5.11 Å². The summed E-state index contributed by atoms with van der Waals surface area (Å²) in [6.07, 6.45) is 3.50. The van der Waals surface area contributed by atoms with E-state index in [1.807, 2.05) is 6.07 Å². The number of nitrogens with two attached hydrogens (primary N) is 1. The number of rotatable bonds is 4. The van der Waals surface area contributed by atoms with Gasteiger partial charge in [-0.2, -0.15) is 5.26 Å². The lowest BCUT2D eigenvalue weighted by Gasteiger charge is -2.39. The molecule has 3 N–H and O–H groups in total. The van der Waals surface area contributed by atoms with Gasteiger partial charge in [-0.25, -0.2) is 0 Å². The summed E-state index contributed by atoms with van der Waals surface area (Å²) < 4.78 is 0. The van der Waals surface area contributed by atoms with E-state index >= 15 is 0 Å². The number of anilines is 2. The summed E-state index contributed by atoms with van der Waals surface area (Å²) in [5, 5.41) is 18.1. The molecule has 0 aliphatic heterocycles. The summed E-state index contributed by atoms with van der Waals surface area (Å²) in [4.78, 5) is 2.12. The second kappa shape index (κ2) is 5.07. The van der Waals surface area contributed by atoms with Crippen LogP contribution in [-0.2, 0) is 0 Å². The zero-order valence-electron chi connectivity index (χ0n) is 9.76. The molecule has 1 aromatic rings. The average Bonchev–Trinajstić information content (AvgIpc) is 2.27. The fourth-order valence-electron chi connectivity index (χ4n) is 2.17. The number of nitriles is 1. The van der Waals surface area contributed by atoms with Crippen LogP contribution in [0.25, 0.3) is 0 Å². The molecule has 4 heteroatoms. The molecule has 2 rings (SSSR count). The van der Waals surface area contributed by atoms with Gasteiger partial charge in [0.25, 0.3) is 0 Å². The van der Waals surface area contributed by atoms with Crippen LogP contribution in [0.4, 0.5) is 11.4 Å². The van der Waals surface area contributed by atoms with Crippen LogP contribution in [0.15, 0.2) is 18.2 Å². The fourth-order valence-corrected chi connectivity index (χ4v) is 2.17. The number of hydrogen-bond acceptors (Lipinski definition) is 4. The van der Waals surface area contributed by atoms with Crippen molar-refractivity contribution in [3.8, 4) is 6.07 Å². The highest BCUT2D eigenvalue weighted by Crippen LogP contribution is 2.33. The maximum Gasteiger partial charge on any atom is 0.0992 e. The molecule has 4 nitrogen and oxygen atoms in total. The molecular formula is C13H17N3O. The van der Waals surface area contributed by atoms with Crippen LogP contribution in [0, 0.1) is 11.3 Å². The zero-order valence-corrected chi connectivity index (χ0v) is 9.76. The minimum atomic E-state index is 0.104. The maximum atomic E-state index is 9.14. The van der Waals surface area contributed by atoms with Crippen molar-refractivity contribution in [3.05, 3.63) is 23.8 Å². The lowest BCUT2D eigenvalue weighted by atomic mass is 9.90. The summed E-state index contributed by atoms with van der Waals surface area (Å²) in [5.74, 6) is 0. The van der Waals surface area contributed by atoms with Gasteiger partial charge in [0.15, 0.2) is 0 Å². The normalized spacial score (nSPS) is 15.1. The van der Waals surface area contributed by atoms with E-state index in [-0.39, 0.29) is 6.61 Å². The van der Waals surface area contributed by atoms with E-state index in [1.165, 1.54) is 6.42 Å². The fraction of sp³-hybridized carbons (Fsp3) is 0.462. The molecule has 1 saturated carbocycles. The van der Waals surface area contributed by atoms with Crippen molar-refractivity contribution in [2.24, 2.45) is 0 Å². The maximum absolute atomic E-state index is 9.14. The number of nitrogens with zero attached hydrogens (tertiary/aromatic N) is 2. The topological polar surface area (TPSA) is 73.3 Å². The molecule has 1 aliphatic rings. The van der Waals surface area contributed by atoms with E-state index in [1.54, 1.807) is 12.1 Å². The van der Waals surface area contributed by atoms with E-state index in [0.717, 1.165) is 18.5 Å². The Bertz CT molecular complexity index is 435. The number of hydrogen-bond donors (Lipinski definition) is 2. The first-order valence-electron chi connectivity index (χ1n) is 5.93. The van der Waals surface area contributed by atoms with Gasteiger partial charge in [-0.1, -0.05) is 0 Å². The summed E-state index contributed by atoms with van der Waals surface area (Å²) >= 11 is 0. The minimum absolute atomic E-state index is 0.104. The van der Waals surface area contributed by atoms with Gasteiger partial charge in [0.2, 0.25) is 0 Å². The molecule has 1 fully saturated rings. The van der Waals surface area contributed by atoms with Crippen LogP contribution < -0.4 is 10.6 Å². The number of benzene rings is 1. The second-order valence-electron chi connectivity index (χ2n) is 4.39. The van der Waals surface area contributed by atoms with Crippen LogP contribution in [0.2, 0.25) is 0 Å². The van der Waals surface area contributed by atoms with Crippen molar-refractivity contribution in [2.75, 3.05) is 23.8 Å². The lowest BCUT2D eigenvalue weighted by Crippen LogP contribution is -2.42. The Morgan fingerprint density at radius 1 is 1.47 bits per heavy atom. The molecule has 0 amide bonds. The highest BCUT2D eigenvalue weighted by molar-refractivity contribution is 5.70. The van der Waals surface area contributed by atoms with Crippen LogP contribution in [0.1, 0.15) is 24.8 Å². The first-order valence-corrected chi connectivity index (χ1v) is 5.93. The molecule has 0 spiro atoms. The summed E-state index contributed by atoms with van der Waals surface area (Å²) in [6, 6.07) is 7.87. The molecule has 17 heavy (non-hydrogen) atoms. The van der Waals surface area contributed by atoms with E-state index in [9.17, 15) is 0 Å². The smallest absolute Gasteiger partial charge is 0.0992 e. The van der Waals surface area contributed by atoms with Crippen molar-refractivity contribution in [3.63, 3.8) is 0 Å². The third kappa shape index (κ3) is 2.34. The molecule has 1 aliphatic carbocycles. The average molecular weight is 231 g/mol. The van der Waals surface area contributed by atoms with Crippen molar-refractivity contribution in [2.45, 2.75) is 25.3 Å².